The fourth-order valence-corrected chi connectivity index (χ4v) is 5.27. The normalized spacial score (nSPS) is 19.5. The zero-order valence-corrected chi connectivity index (χ0v) is 19.5. The van der Waals surface area contributed by atoms with E-state index in [2.05, 4.69) is 0 Å². The van der Waals surface area contributed by atoms with Crippen molar-refractivity contribution >= 4 is 40.2 Å². The number of rotatable bonds is 3. The van der Waals surface area contributed by atoms with Crippen LogP contribution in [0.15, 0.2) is 59.5 Å². The van der Waals surface area contributed by atoms with Gasteiger partial charge in [-0.05, 0) is 60.7 Å². The third-order valence-corrected chi connectivity index (χ3v) is 7.35. The molecule has 1 aromatic heterocycles. The summed E-state index contributed by atoms with van der Waals surface area (Å²) in [4.78, 5) is 31.0. The Hall–Kier alpha value is -3.58. The average molecular weight is 461 g/mol. The number of aryl methyl sites for hydroxylation is 1. The van der Waals surface area contributed by atoms with Gasteiger partial charge in [0.25, 0.3) is 11.7 Å². The molecule has 0 spiro atoms. The Labute approximate surface area is 196 Å². The van der Waals surface area contributed by atoms with E-state index in [1.54, 1.807) is 18.2 Å². The van der Waals surface area contributed by atoms with Gasteiger partial charge in [-0.3, -0.25) is 14.5 Å². The second-order valence-electron chi connectivity index (χ2n) is 8.36. The molecule has 3 heterocycles. The highest BCUT2D eigenvalue weighted by molar-refractivity contribution is 7.10. The lowest BCUT2D eigenvalue weighted by Crippen LogP contribution is -2.29. The van der Waals surface area contributed by atoms with Crippen molar-refractivity contribution in [1.82, 2.24) is 0 Å². The molecular formula is C26H24N2O4S. The van der Waals surface area contributed by atoms with Crippen LogP contribution in [0.1, 0.15) is 27.6 Å². The number of ketones is 1. The molecule has 1 amide bonds. The molecule has 7 heteroatoms. The van der Waals surface area contributed by atoms with Gasteiger partial charge < -0.3 is 14.7 Å². The van der Waals surface area contributed by atoms with Crippen molar-refractivity contribution in [1.29, 1.82) is 0 Å². The molecule has 6 nitrogen and oxygen atoms in total. The van der Waals surface area contributed by atoms with Crippen LogP contribution in [0, 0.1) is 13.8 Å². The number of carbonyl (C=O) groups excluding carboxylic acids is 2. The van der Waals surface area contributed by atoms with Crippen LogP contribution in [0.3, 0.4) is 0 Å². The van der Waals surface area contributed by atoms with Crippen LogP contribution in [-0.2, 0) is 9.59 Å². The number of carbonyl (C=O) groups is 2. The predicted octanol–water partition coefficient (Wildman–Crippen LogP) is 4.82. The molecule has 0 bridgehead atoms. The van der Waals surface area contributed by atoms with Crippen molar-refractivity contribution in [2.75, 3.05) is 30.0 Å². The van der Waals surface area contributed by atoms with Crippen molar-refractivity contribution in [3.05, 3.63) is 81.1 Å². The highest BCUT2D eigenvalue weighted by Gasteiger charge is 2.47. The van der Waals surface area contributed by atoms with Crippen LogP contribution in [0.25, 0.3) is 5.76 Å². The highest BCUT2D eigenvalue weighted by atomic mass is 32.1. The summed E-state index contributed by atoms with van der Waals surface area (Å²) >= 11 is 1.45. The van der Waals surface area contributed by atoms with Gasteiger partial charge in [-0.15, -0.1) is 11.3 Å². The Morgan fingerprint density at radius 1 is 1.09 bits per heavy atom. The number of aliphatic hydroxyl groups is 1. The van der Waals surface area contributed by atoms with Gasteiger partial charge in [-0.25, -0.2) is 0 Å². The van der Waals surface area contributed by atoms with E-state index in [9.17, 15) is 14.7 Å². The van der Waals surface area contributed by atoms with E-state index in [0.29, 0.717) is 17.9 Å². The molecule has 2 aliphatic heterocycles. The molecule has 3 aromatic rings. The van der Waals surface area contributed by atoms with Crippen molar-refractivity contribution in [3.63, 3.8) is 0 Å². The first kappa shape index (κ1) is 21.3. The zero-order chi connectivity index (χ0) is 23.3. The lowest BCUT2D eigenvalue weighted by molar-refractivity contribution is -0.132. The first-order valence-corrected chi connectivity index (χ1v) is 11.7. The summed E-state index contributed by atoms with van der Waals surface area (Å²) in [6.45, 7) is 5.23. The van der Waals surface area contributed by atoms with E-state index in [4.69, 9.17) is 4.74 Å². The number of anilines is 2. The number of Topliss-reactive ketones (excluding diaryl/α,β-unsaturated/α-hetero) is 1. The van der Waals surface area contributed by atoms with E-state index in [-0.39, 0.29) is 11.3 Å². The Balaban J connectivity index is 1.70. The molecule has 1 atom stereocenters. The lowest BCUT2D eigenvalue weighted by atomic mass is 9.98. The van der Waals surface area contributed by atoms with Gasteiger partial charge in [0.2, 0.25) is 0 Å². The summed E-state index contributed by atoms with van der Waals surface area (Å²) in [7, 11) is 1.95. The number of aliphatic hydroxyl groups excluding tert-OH is 1. The fourth-order valence-electron chi connectivity index (χ4n) is 4.45. The standard InChI is InChI=1S/C26H24N2O4S/c1-15-6-4-7-18(16(15)2)28-23(21-8-5-13-33-21)22(25(30)26(28)31)24(29)17-9-10-20-19(14-17)27(3)11-12-32-20/h4-10,13-14,23,29H,11-12H2,1-3H3/b24-22-. The van der Waals surface area contributed by atoms with Gasteiger partial charge in [0.05, 0.1) is 17.8 Å². The smallest absolute Gasteiger partial charge is 0.300 e. The molecule has 1 N–H and O–H groups in total. The third kappa shape index (κ3) is 3.40. The van der Waals surface area contributed by atoms with Crippen molar-refractivity contribution in [2.24, 2.45) is 0 Å². The van der Waals surface area contributed by atoms with Gasteiger partial charge >= 0.3 is 0 Å². The summed E-state index contributed by atoms with van der Waals surface area (Å²) in [5, 5.41) is 13.3. The largest absolute Gasteiger partial charge is 0.507 e. The summed E-state index contributed by atoms with van der Waals surface area (Å²) in [6, 6.07) is 14.1. The van der Waals surface area contributed by atoms with Crippen molar-refractivity contribution in [3.8, 4) is 5.75 Å². The number of benzene rings is 2. The van der Waals surface area contributed by atoms with E-state index < -0.39 is 17.7 Å². The minimum Gasteiger partial charge on any atom is -0.507 e. The average Bonchev–Trinajstić information content (AvgIpc) is 3.43. The molecule has 2 aromatic carbocycles. The Morgan fingerprint density at radius 3 is 2.67 bits per heavy atom. The first-order valence-electron chi connectivity index (χ1n) is 10.8. The molecular weight excluding hydrogens is 436 g/mol. The molecule has 168 valence electrons. The molecule has 0 saturated carbocycles. The van der Waals surface area contributed by atoms with Crippen LogP contribution in [0.2, 0.25) is 0 Å². The maximum absolute atomic E-state index is 13.3. The topological polar surface area (TPSA) is 70.1 Å². The van der Waals surface area contributed by atoms with Crippen LogP contribution >= 0.6 is 11.3 Å². The SMILES string of the molecule is Cc1cccc(N2C(=O)C(=O)/C(=C(\O)c3ccc4c(c3)N(C)CCO4)C2c2cccs2)c1C. The zero-order valence-electron chi connectivity index (χ0n) is 18.7. The van der Waals surface area contributed by atoms with E-state index in [0.717, 1.165) is 34.0 Å². The Kier molecular flexibility index (Phi) is 5.21. The maximum Gasteiger partial charge on any atom is 0.300 e. The minimum atomic E-state index is -0.699. The maximum atomic E-state index is 13.3. The Bertz CT molecular complexity index is 1300. The molecule has 1 saturated heterocycles. The number of ether oxygens (including phenoxy) is 1. The minimum absolute atomic E-state index is 0.0997. The number of amides is 1. The van der Waals surface area contributed by atoms with Crippen LogP contribution in [0.4, 0.5) is 11.4 Å². The molecule has 33 heavy (non-hydrogen) atoms. The quantitative estimate of drug-likeness (QED) is 0.345. The van der Waals surface area contributed by atoms with Crippen LogP contribution < -0.4 is 14.5 Å². The number of thiophene rings is 1. The Morgan fingerprint density at radius 2 is 1.91 bits per heavy atom. The number of fused-ring (bicyclic) bond motifs is 1. The van der Waals surface area contributed by atoms with Crippen molar-refractivity contribution in [2.45, 2.75) is 19.9 Å². The van der Waals surface area contributed by atoms with Crippen LogP contribution in [-0.4, -0.2) is 37.0 Å². The molecule has 5 rings (SSSR count). The van der Waals surface area contributed by atoms with E-state index in [1.165, 1.54) is 16.2 Å². The van der Waals surface area contributed by atoms with E-state index >= 15 is 0 Å². The molecule has 2 aliphatic rings. The monoisotopic (exact) mass is 460 g/mol. The molecule has 0 aliphatic carbocycles. The van der Waals surface area contributed by atoms with Crippen molar-refractivity contribution < 1.29 is 19.4 Å². The molecule has 1 unspecified atom stereocenters. The van der Waals surface area contributed by atoms with Gasteiger partial charge in [0, 0.05) is 23.2 Å². The van der Waals surface area contributed by atoms with Gasteiger partial charge in [0.1, 0.15) is 24.2 Å². The summed E-state index contributed by atoms with van der Waals surface area (Å²) in [5.41, 5.74) is 4.04. The summed E-state index contributed by atoms with van der Waals surface area (Å²) in [5.74, 6) is -0.775. The number of hydrogen-bond acceptors (Lipinski definition) is 6. The van der Waals surface area contributed by atoms with E-state index in [1.807, 2.05) is 61.5 Å². The number of hydrogen-bond donors (Lipinski definition) is 1. The first-order chi connectivity index (χ1) is 15.9. The van der Waals surface area contributed by atoms with Gasteiger partial charge in [-0.1, -0.05) is 18.2 Å². The second kappa shape index (κ2) is 8.08. The highest BCUT2D eigenvalue weighted by Crippen LogP contribution is 2.45. The van der Waals surface area contributed by atoms with Crippen LogP contribution in [0.5, 0.6) is 5.75 Å². The summed E-state index contributed by atoms with van der Waals surface area (Å²) < 4.78 is 5.70. The number of nitrogens with zero attached hydrogens (tertiary/aromatic N) is 2. The number of likely N-dealkylation sites (N-methyl/N-ethyl adjacent to an activating group) is 1. The predicted molar refractivity (Wildman–Crippen MR) is 130 cm³/mol. The lowest BCUT2D eigenvalue weighted by Gasteiger charge is -2.28. The fraction of sp³-hybridized carbons (Fsp3) is 0.231. The van der Waals surface area contributed by atoms with Gasteiger partial charge in [-0.2, -0.15) is 0 Å². The van der Waals surface area contributed by atoms with Gasteiger partial charge in [0.15, 0.2) is 0 Å². The summed E-state index contributed by atoms with van der Waals surface area (Å²) in [6.07, 6.45) is 0. The second-order valence-corrected chi connectivity index (χ2v) is 9.34. The third-order valence-electron chi connectivity index (χ3n) is 6.42. The molecule has 0 radical (unpaired) electrons. The molecule has 1 fully saturated rings.